The minimum atomic E-state index is -0.786. The van der Waals surface area contributed by atoms with Crippen LogP contribution in [0.15, 0.2) is 94.7 Å². The van der Waals surface area contributed by atoms with Gasteiger partial charge in [0.15, 0.2) is 11.5 Å². The Labute approximate surface area is 196 Å². The lowest BCUT2D eigenvalue weighted by atomic mass is 9.94. The number of Topliss-reactive ketones (excluding diaryl/α,β-unsaturated/α-hetero) is 1. The third-order valence-corrected chi connectivity index (χ3v) is 5.98. The second-order valence-corrected chi connectivity index (χ2v) is 8.38. The van der Waals surface area contributed by atoms with E-state index in [9.17, 15) is 14.7 Å². The molecule has 1 N–H and O–H groups in total. The molecule has 170 valence electrons. The summed E-state index contributed by atoms with van der Waals surface area (Å²) in [4.78, 5) is 34.6. The second kappa shape index (κ2) is 8.51. The zero-order valence-corrected chi connectivity index (χ0v) is 18.8. The number of nitrogens with zero attached hydrogens (tertiary/aromatic N) is 3. The van der Waals surface area contributed by atoms with Crippen LogP contribution in [0, 0.1) is 0 Å². The number of fused-ring (bicyclic) bond motifs is 1. The first-order chi connectivity index (χ1) is 16.4. The number of furan rings is 1. The topological polar surface area (TPSA) is 86.9 Å². The van der Waals surface area contributed by atoms with Crippen molar-refractivity contribution in [2.75, 3.05) is 19.0 Å². The maximum atomic E-state index is 13.6. The standard InChI is InChI=1S/C27H23N3O4/c1-29(2)20-12-10-17(11-13-20)24-23(25(31)22-15-18-7-3-4-9-21(18)34-22)26(32)27(33)30(24)16-19-8-5-6-14-28-19/h3-15,24,32H,16H2,1-2H3. The minimum absolute atomic E-state index is 0.00223. The molecule has 0 saturated heterocycles. The van der Waals surface area contributed by atoms with Crippen LogP contribution in [0.25, 0.3) is 11.0 Å². The number of rotatable bonds is 6. The van der Waals surface area contributed by atoms with Crippen molar-refractivity contribution in [1.82, 2.24) is 9.88 Å². The summed E-state index contributed by atoms with van der Waals surface area (Å²) in [6, 6.07) is 21.1. The van der Waals surface area contributed by atoms with Gasteiger partial charge in [0.05, 0.1) is 23.9 Å². The highest BCUT2D eigenvalue weighted by molar-refractivity contribution is 6.16. The summed E-state index contributed by atoms with van der Waals surface area (Å²) < 4.78 is 5.77. The number of carbonyl (C=O) groups excluding carboxylic acids is 2. The fourth-order valence-corrected chi connectivity index (χ4v) is 4.24. The van der Waals surface area contributed by atoms with Gasteiger partial charge in [-0.15, -0.1) is 0 Å². The van der Waals surface area contributed by atoms with E-state index in [0.717, 1.165) is 11.1 Å². The number of pyridine rings is 1. The smallest absolute Gasteiger partial charge is 0.290 e. The van der Waals surface area contributed by atoms with Gasteiger partial charge < -0.3 is 19.3 Å². The van der Waals surface area contributed by atoms with E-state index in [-0.39, 0.29) is 17.9 Å². The first-order valence-electron chi connectivity index (χ1n) is 10.9. The van der Waals surface area contributed by atoms with Gasteiger partial charge in [-0.1, -0.05) is 36.4 Å². The van der Waals surface area contributed by atoms with Crippen molar-refractivity contribution >= 4 is 28.3 Å². The van der Waals surface area contributed by atoms with Gasteiger partial charge in [0.2, 0.25) is 5.78 Å². The van der Waals surface area contributed by atoms with E-state index in [0.29, 0.717) is 16.8 Å². The first-order valence-corrected chi connectivity index (χ1v) is 10.9. The van der Waals surface area contributed by atoms with Crippen molar-refractivity contribution < 1.29 is 19.1 Å². The number of anilines is 1. The van der Waals surface area contributed by atoms with E-state index in [1.165, 1.54) is 4.90 Å². The number of hydrogen-bond acceptors (Lipinski definition) is 6. The molecule has 34 heavy (non-hydrogen) atoms. The average Bonchev–Trinajstić information content (AvgIpc) is 3.39. The minimum Gasteiger partial charge on any atom is -0.503 e. The molecular formula is C27H23N3O4. The molecule has 7 nitrogen and oxygen atoms in total. The second-order valence-electron chi connectivity index (χ2n) is 8.38. The number of hydrogen-bond donors (Lipinski definition) is 1. The lowest BCUT2D eigenvalue weighted by Crippen LogP contribution is -2.31. The number of amides is 1. The van der Waals surface area contributed by atoms with Crippen LogP contribution in [-0.4, -0.2) is 40.8 Å². The van der Waals surface area contributed by atoms with E-state index < -0.39 is 23.5 Å². The highest BCUT2D eigenvalue weighted by Crippen LogP contribution is 2.40. The van der Waals surface area contributed by atoms with Crippen molar-refractivity contribution in [3.05, 3.63) is 107 Å². The molecule has 2 aromatic heterocycles. The molecule has 1 aliphatic rings. The Morgan fingerprint density at radius 1 is 1.06 bits per heavy atom. The Balaban J connectivity index is 1.59. The molecule has 2 aromatic carbocycles. The van der Waals surface area contributed by atoms with Gasteiger partial charge in [0, 0.05) is 31.4 Å². The Morgan fingerprint density at radius 3 is 2.47 bits per heavy atom. The largest absolute Gasteiger partial charge is 0.503 e. The Kier molecular flexibility index (Phi) is 5.37. The molecule has 7 heteroatoms. The van der Waals surface area contributed by atoms with E-state index in [2.05, 4.69) is 4.98 Å². The number of aromatic nitrogens is 1. The molecule has 3 heterocycles. The van der Waals surface area contributed by atoms with Crippen LogP contribution in [0.2, 0.25) is 0 Å². The molecule has 0 fully saturated rings. The van der Waals surface area contributed by atoms with Crippen molar-refractivity contribution in [1.29, 1.82) is 0 Å². The number of para-hydroxylation sites is 1. The summed E-state index contributed by atoms with van der Waals surface area (Å²) in [6.07, 6.45) is 1.64. The number of aliphatic hydroxyl groups excluding tert-OH is 1. The lowest BCUT2D eigenvalue weighted by Gasteiger charge is -2.27. The molecule has 0 spiro atoms. The summed E-state index contributed by atoms with van der Waals surface area (Å²) >= 11 is 0. The van der Waals surface area contributed by atoms with Crippen LogP contribution in [0.3, 0.4) is 0 Å². The molecule has 0 aliphatic carbocycles. The van der Waals surface area contributed by atoms with Gasteiger partial charge >= 0.3 is 0 Å². The first kappa shape index (κ1) is 21.5. The summed E-state index contributed by atoms with van der Waals surface area (Å²) in [5.74, 6) is -1.63. The maximum Gasteiger partial charge on any atom is 0.290 e. The van der Waals surface area contributed by atoms with Gasteiger partial charge in [-0.05, 0) is 42.0 Å². The summed E-state index contributed by atoms with van der Waals surface area (Å²) in [6.45, 7) is 0.140. The third kappa shape index (κ3) is 3.71. The zero-order valence-electron chi connectivity index (χ0n) is 18.8. The highest BCUT2D eigenvalue weighted by atomic mass is 16.3. The Bertz CT molecular complexity index is 1370. The van der Waals surface area contributed by atoms with E-state index in [1.807, 2.05) is 67.5 Å². The zero-order chi connectivity index (χ0) is 23.8. The van der Waals surface area contributed by atoms with Crippen LogP contribution in [0.1, 0.15) is 27.9 Å². The number of aliphatic hydroxyl groups is 1. The van der Waals surface area contributed by atoms with Crippen molar-refractivity contribution in [2.45, 2.75) is 12.6 Å². The predicted octanol–water partition coefficient (Wildman–Crippen LogP) is 4.67. The molecule has 1 aliphatic heterocycles. The average molecular weight is 453 g/mol. The fraction of sp³-hybridized carbons (Fsp3) is 0.148. The molecule has 0 saturated carbocycles. The van der Waals surface area contributed by atoms with Gasteiger partial charge in [-0.25, -0.2) is 0 Å². The maximum absolute atomic E-state index is 13.6. The summed E-state index contributed by atoms with van der Waals surface area (Å²) in [5, 5.41) is 11.7. The molecule has 4 aromatic rings. The number of ketones is 1. The monoisotopic (exact) mass is 453 g/mol. The Hall–Kier alpha value is -4.39. The quantitative estimate of drug-likeness (QED) is 0.427. The van der Waals surface area contributed by atoms with Gasteiger partial charge in [0.25, 0.3) is 5.91 Å². The van der Waals surface area contributed by atoms with E-state index in [1.54, 1.807) is 30.5 Å². The normalized spacial score (nSPS) is 15.9. The van der Waals surface area contributed by atoms with Crippen molar-refractivity contribution in [3.63, 3.8) is 0 Å². The van der Waals surface area contributed by atoms with E-state index in [4.69, 9.17) is 4.42 Å². The molecule has 1 unspecified atom stereocenters. The third-order valence-electron chi connectivity index (χ3n) is 5.98. The van der Waals surface area contributed by atoms with Gasteiger partial charge in [-0.3, -0.25) is 14.6 Å². The highest BCUT2D eigenvalue weighted by Gasteiger charge is 2.44. The molecule has 1 amide bonds. The number of carbonyl (C=O) groups is 2. The van der Waals surface area contributed by atoms with Crippen molar-refractivity contribution in [3.8, 4) is 0 Å². The van der Waals surface area contributed by atoms with Crippen LogP contribution in [-0.2, 0) is 11.3 Å². The van der Waals surface area contributed by atoms with Crippen molar-refractivity contribution in [2.24, 2.45) is 0 Å². The Morgan fingerprint density at radius 2 is 1.79 bits per heavy atom. The SMILES string of the molecule is CN(C)c1ccc(C2C(C(=O)c3cc4ccccc4o3)=C(O)C(=O)N2Cc2ccccn2)cc1. The molecular weight excluding hydrogens is 430 g/mol. The van der Waals surface area contributed by atoms with Crippen LogP contribution in [0.4, 0.5) is 5.69 Å². The number of benzene rings is 2. The van der Waals surface area contributed by atoms with E-state index >= 15 is 0 Å². The van der Waals surface area contributed by atoms with Gasteiger partial charge in [0.1, 0.15) is 5.58 Å². The predicted molar refractivity (Wildman–Crippen MR) is 128 cm³/mol. The van der Waals surface area contributed by atoms with Gasteiger partial charge in [-0.2, -0.15) is 0 Å². The molecule has 5 rings (SSSR count). The summed E-state index contributed by atoms with van der Waals surface area (Å²) in [7, 11) is 3.87. The molecule has 0 radical (unpaired) electrons. The van der Waals surface area contributed by atoms with Crippen LogP contribution < -0.4 is 4.90 Å². The van der Waals surface area contributed by atoms with Crippen LogP contribution >= 0.6 is 0 Å². The lowest BCUT2D eigenvalue weighted by molar-refractivity contribution is -0.130. The summed E-state index contributed by atoms with van der Waals surface area (Å²) in [5.41, 5.74) is 2.89. The fourth-order valence-electron chi connectivity index (χ4n) is 4.24. The molecule has 1 atom stereocenters. The van der Waals surface area contributed by atoms with Crippen LogP contribution in [0.5, 0.6) is 0 Å². The molecule has 0 bridgehead atoms.